The van der Waals surface area contributed by atoms with Gasteiger partial charge in [-0.1, -0.05) is 40.0 Å². The molecule has 0 unspecified atom stereocenters. The summed E-state index contributed by atoms with van der Waals surface area (Å²) in [6.07, 6.45) is 4.37. The van der Waals surface area contributed by atoms with Crippen LogP contribution in [0.1, 0.15) is 46.5 Å². The second-order valence-electron chi connectivity index (χ2n) is 6.17. The number of phenolic OH excluding ortho intramolecular Hbond substituents is 1. The van der Waals surface area contributed by atoms with E-state index in [1.165, 1.54) is 18.2 Å². The van der Waals surface area contributed by atoms with Crippen LogP contribution in [0.3, 0.4) is 0 Å². The summed E-state index contributed by atoms with van der Waals surface area (Å²) >= 11 is 0. The summed E-state index contributed by atoms with van der Waals surface area (Å²) in [6.45, 7) is 6.62. The third-order valence-electron chi connectivity index (χ3n) is 3.51. The fourth-order valence-corrected chi connectivity index (χ4v) is 3.29. The monoisotopic (exact) mass is 314 g/mol. The molecular formula is C15H26N2O3S. The highest BCUT2D eigenvalue weighted by atomic mass is 32.2. The van der Waals surface area contributed by atoms with Gasteiger partial charge in [-0.05, 0) is 30.0 Å². The van der Waals surface area contributed by atoms with E-state index in [0.717, 1.165) is 25.7 Å². The fraction of sp³-hybridized carbons (Fsp3) is 0.600. The zero-order valence-corrected chi connectivity index (χ0v) is 13.8. The third kappa shape index (κ3) is 5.55. The van der Waals surface area contributed by atoms with Crippen LogP contribution in [-0.2, 0) is 10.0 Å². The SMILES string of the molecule is CCCCCC(C)(C)CNS(=O)(=O)c1ccc(O)c(N)c1. The topological polar surface area (TPSA) is 92.4 Å². The number of phenols is 1. The van der Waals surface area contributed by atoms with Crippen LogP contribution in [0.2, 0.25) is 0 Å². The fourth-order valence-electron chi connectivity index (χ4n) is 2.02. The number of nitrogen functional groups attached to an aromatic ring is 1. The van der Waals surface area contributed by atoms with E-state index in [0.29, 0.717) is 6.54 Å². The Morgan fingerprint density at radius 2 is 1.95 bits per heavy atom. The quantitative estimate of drug-likeness (QED) is 0.391. The molecule has 0 aliphatic heterocycles. The molecule has 6 heteroatoms. The van der Waals surface area contributed by atoms with Crippen molar-refractivity contribution in [1.82, 2.24) is 4.72 Å². The zero-order chi connectivity index (χ0) is 16.1. The molecule has 0 radical (unpaired) electrons. The summed E-state index contributed by atoms with van der Waals surface area (Å²) in [5.74, 6) is -0.117. The van der Waals surface area contributed by atoms with Gasteiger partial charge in [-0.2, -0.15) is 0 Å². The number of nitrogens with two attached hydrogens (primary N) is 1. The summed E-state index contributed by atoms with van der Waals surface area (Å²) in [7, 11) is -3.60. The van der Waals surface area contributed by atoms with Crippen molar-refractivity contribution in [2.45, 2.75) is 51.3 Å². The lowest BCUT2D eigenvalue weighted by Gasteiger charge is -2.25. The van der Waals surface area contributed by atoms with Crippen LogP contribution in [0.25, 0.3) is 0 Å². The number of aromatic hydroxyl groups is 1. The molecule has 0 heterocycles. The molecule has 0 aromatic heterocycles. The number of hydrogen-bond donors (Lipinski definition) is 3. The first-order chi connectivity index (χ1) is 9.68. The smallest absolute Gasteiger partial charge is 0.240 e. The molecule has 0 saturated heterocycles. The highest BCUT2D eigenvalue weighted by molar-refractivity contribution is 7.89. The lowest BCUT2D eigenvalue weighted by atomic mass is 9.87. The number of hydrogen-bond acceptors (Lipinski definition) is 4. The minimum Gasteiger partial charge on any atom is -0.506 e. The second-order valence-corrected chi connectivity index (χ2v) is 7.93. The largest absolute Gasteiger partial charge is 0.506 e. The van der Waals surface area contributed by atoms with Gasteiger partial charge in [-0.3, -0.25) is 0 Å². The van der Waals surface area contributed by atoms with Gasteiger partial charge in [0.1, 0.15) is 5.75 Å². The molecule has 0 aliphatic rings. The minimum absolute atomic E-state index is 0.0556. The molecule has 1 rings (SSSR count). The Labute approximate surface area is 127 Å². The van der Waals surface area contributed by atoms with E-state index in [9.17, 15) is 13.5 Å². The van der Waals surface area contributed by atoms with Gasteiger partial charge in [0.05, 0.1) is 10.6 Å². The molecule has 0 amide bonds. The van der Waals surface area contributed by atoms with E-state index < -0.39 is 10.0 Å². The number of sulfonamides is 1. The van der Waals surface area contributed by atoms with E-state index in [1.807, 2.05) is 0 Å². The Balaban J connectivity index is 2.70. The summed E-state index contributed by atoms with van der Waals surface area (Å²) in [6, 6.07) is 3.90. The maximum atomic E-state index is 12.2. The van der Waals surface area contributed by atoms with E-state index in [2.05, 4.69) is 25.5 Å². The van der Waals surface area contributed by atoms with Gasteiger partial charge in [-0.15, -0.1) is 0 Å². The normalized spacial score (nSPS) is 12.5. The maximum absolute atomic E-state index is 12.2. The number of benzene rings is 1. The third-order valence-corrected chi connectivity index (χ3v) is 4.91. The number of unbranched alkanes of at least 4 members (excludes halogenated alkanes) is 2. The summed E-state index contributed by atoms with van der Waals surface area (Å²) in [5, 5.41) is 9.35. The highest BCUT2D eigenvalue weighted by Gasteiger charge is 2.22. The number of nitrogens with one attached hydrogen (secondary N) is 1. The van der Waals surface area contributed by atoms with Gasteiger partial charge < -0.3 is 10.8 Å². The average molecular weight is 314 g/mol. The Bertz CT molecular complexity index is 568. The van der Waals surface area contributed by atoms with E-state index in [4.69, 9.17) is 5.73 Å². The van der Waals surface area contributed by atoms with Gasteiger partial charge in [0.2, 0.25) is 10.0 Å². The standard InChI is InChI=1S/C15H26N2O3S/c1-4-5-6-9-15(2,3)11-17-21(19,20)12-7-8-14(18)13(16)10-12/h7-8,10,17-18H,4-6,9,11,16H2,1-3H3. The zero-order valence-electron chi connectivity index (χ0n) is 13.0. The van der Waals surface area contributed by atoms with E-state index >= 15 is 0 Å². The minimum atomic E-state index is -3.60. The molecule has 0 bridgehead atoms. The first-order valence-electron chi connectivity index (χ1n) is 7.26. The molecule has 1 aromatic carbocycles. The lowest BCUT2D eigenvalue weighted by molar-refractivity contribution is 0.320. The van der Waals surface area contributed by atoms with Crippen LogP contribution >= 0.6 is 0 Å². The van der Waals surface area contributed by atoms with E-state index in [-0.39, 0.29) is 21.7 Å². The molecule has 21 heavy (non-hydrogen) atoms. The molecule has 0 saturated carbocycles. The molecule has 0 atom stereocenters. The first-order valence-corrected chi connectivity index (χ1v) is 8.74. The van der Waals surface area contributed by atoms with Gasteiger partial charge in [0, 0.05) is 6.54 Å². The van der Waals surface area contributed by atoms with Crippen LogP contribution in [0, 0.1) is 5.41 Å². The van der Waals surface area contributed by atoms with E-state index in [1.54, 1.807) is 0 Å². The number of anilines is 1. The van der Waals surface area contributed by atoms with Crippen LogP contribution in [0.4, 0.5) is 5.69 Å². The predicted molar refractivity (Wildman–Crippen MR) is 85.6 cm³/mol. The molecule has 4 N–H and O–H groups in total. The van der Waals surface area contributed by atoms with Crippen molar-refractivity contribution in [3.05, 3.63) is 18.2 Å². The second kappa shape index (κ2) is 7.13. The maximum Gasteiger partial charge on any atom is 0.240 e. The highest BCUT2D eigenvalue weighted by Crippen LogP contribution is 2.25. The Hall–Kier alpha value is -1.27. The first kappa shape index (κ1) is 17.8. The molecule has 1 aromatic rings. The Morgan fingerprint density at radius 3 is 2.52 bits per heavy atom. The summed E-state index contributed by atoms with van der Waals surface area (Å²) in [5.41, 5.74) is 5.50. The van der Waals surface area contributed by atoms with Crippen LogP contribution in [0.15, 0.2) is 23.1 Å². The van der Waals surface area contributed by atoms with Crippen molar-refractivity contribution in [2.24, 2.45) is 5.41 Å². The van der Waals surface area contributed by atoms with Gasteiger partial charge in [0.15, 0.2) is 0 Å². The van der Waals surface area contributed by atoms with Gasteiger partial charge in [0.25, 0.3) is 0 Å². The summed E-state index contributed by atoms with van der Waals surface area (Å²) in [4.78, 5) is 0.0714. The molecule has 0 spiro atoms. The predicted octanol–water partition coefficient (Wildman–Crippen LogP) is 2.86. The molecule has 120 valence electrons. The summed E-state index contributed by atoms with van der Waals surface area (Å²) < 4.78 is 27.1. The van der Waals surface area contributed by atoms with Crippen LogP contribution in [0.5, 0.6) is 5.75 Å². The van der Waals surface area contributed by atoms with Gasteiger partial charge in [-0.25, -0.2) is 13.1 Å². The lowest BCUT2D eigenvalue weighted by Crippen LogP contribution is -2.34. The van der Waals surface area contributed by atoms with Crippen LogP contribution < -0.4 is 10.5 Å². The van der Waals surface area contributed by atoms with Crippen molar-refractivity contribution < 1.29 is 13.5 Å². The van der Waals surface area contributed by atoms with Crippen LogP contribution in [-0.4, -0.2) is 20.1 Å². The van der Waals surface area contributed by atoms with Crippen molar-refractivity contribution >= 4 is 15.7 Å². The molecule has 0 fully saturated rings. The molecular weight excluding hydrogens is 288 g/mol. The average Bonchev–Trinajstić information content (AvgIpc) is 2.40. The van der Waals surface area contributed by atoms with Gasteiger partial charge >= 0.3 is 0 Å². The number of rotatable bonds is 8. The van der Waals surface area contributed by atoms with Crippen molar-refractivity contribution in [2.75, 3.05) is 12.3 Å². The Morgan fingerprint density at radius 1 is 1.29 bits per heavy atom. The van der Waals surface area contributed by atoms with Crippen molar-refractivity contribution in [3.63, 3.8) is 0 Å². The Kier molecular flexibility index (Phi) is 6.04. The molecule has 0 aliphatic carbocycles. The molecule has 5 nitrogen and oxygen atoms in total. The van der Waals surface area contributed by atoms with Crippen molar-refractivity contribution in [3.8, 4) is 5.75 Å². The van der Waals surface area contributed by atoms with Crippen molar-refractivity contribution in [1.29, 1.82) is 0 Å².